The summed E-state index contributed by atoms with van der Waals surface area (Å²) in [6.45, 7) is 3.92. The molecule has 1 aliphatic rings. The summed E-state index contributed by atoms with van der Waals surface area (Å²) < 4.78 is 4.95. The highest BCUT2D eigenvalue weighted by molar-refractivity contribution is 8.15. The minimum Gasteiger partial charge on any atom is -0.462 e. The molecular formula is C22H22ClN3O4S. The van der Waals surface area contributed by atoms with Crippen LogP contribution >= 0.6 is 23.4 Å². The Balaban J connectivity index is 1.72. The van der Waals surface area contributed by atoms with E-state index in [-0.39, 0.29) is 24.8 Å². The molecule has 1 atom stereocenters. The first-order valence-corrected chi connectivity index (χ1v) is 10.9. The number of nitrogens with one attached hydrogen (secondary N) is 1. The van der Waals surface area contributed by atoms with E-state index < -0.39 is 11.2 Å². The van der Waals surface area contributed by atoms with Crippen LogP contribution in [0.15, 0.2) is 47.5 Å². The van der Waals surface area contributed by atoms with Gasteiger partial charge in [0.25, 0.3) is 0 Å². The van der Waals surface area contributed by atoms with E-state index in [4.69, 9.17) is 16.3 Å². The molecular weight excluding hydrogens is 438 g/mol. The molecule has 1 saturated heterocycles. The number of aliphatic imine (C=N–C) groups is 1. The number of esters is 1. The Morgan fingerprint density at radius 3 is 2.61 bits per heavy atom. The van der Waals surface area contributed by atoms with E-state index in [1.165, 1.54) is 16.7 Å². The molecule has 2 aromatic carbocycles. The van der Waals surface area contributed by atoms with Crippen LogP contribution in [0.4, 0.5) is 11.4 Å². The van der Waals surface area contributed by atoms with Crippen LogP contribution in [0.3, 0.4) is 0 Å². The Morgan fingerprint density at radius 1 is 1.26 bits per heavy atom. The number of thioether (sulfide) groups is 1. The third-order valence-electron chi connectivity index (χ3n) is 4.60. The molecule has 0 aliphatic carbocycles. The molecule has 0 unspecified atom stereocenters. The minimum absolute atomic E-state index is 0.0571. The molecule has 2 aromatic rings. The Morgan fingerprint density at radius 2 is 1.97 bits per heavy atom. The summed E-state index contributed by atoms with van der Waals surface area (Å²) in [5, 5.41) is 3.16. The van der Waals surface area contributed by atoms with Crippen molar-refractivity contribution in [3.05, 3.63) is 58.6 Å². The van der Waals surface area contributed by atoms with Gasteiger partial charge in [-0.25, -0.2) is 9.79 Å². The van der Waals surface area contributed by atoms with Crippen molar-refractivity contribution in [2.24, 2.45) is 4.99 Å². The van der Waals surface area contributed by atoms with Crippen LogP contribution in [0.25, 0.3) is 0 Å². The second-order valence-electron chi connectivity index (χ2n) is 6.88. The Labute approximate surface area is 189 Å². The van der Waals surface area contributed by atoms with Crippen molar-refractivity contribution in [3.63, 3.8) is 0 Å². The van der Waals surface area contributed by atoms with Gasteiger partial charge in [-0.1, -0.05) is 29.4 Å². The van der Waals surface area contributed by atoms with E-state index in [9.17, 15) is 14.4 Å². The summed E-state index contributed by atoms with van der Waals surface area (Å²) >= 11 is 7.38. The predicted molar refractivity (Wildman–Crippen MR) is 123 cm³/mol. The number of amidine groups is 1. The number of aryl methyl sites for hydroxylation is 1. The normalized spacial score (nSPS) is 17.5. The molecule has 0 bridgehead atoms. The first-order chi connectivity index (χ1) is 14.8. The lowest BCUT2D eigenvalue weighted by atomic mass is 10.2. The highest BCUT2D eigenvalue weighted by Gasteiger charge is 2.34. The van der Waals surface area contributed by atoms with E-state index >= 15 is 0 Å². The molecule has 1 fully saturated rings. The van der Waals surface area contributed by atoms with Crippen LogP contribution in [-0.2, 0) is 14.3 Å². The lowest BCUT2D eigenvalue weighted by Gasteiger charge is -2.28. The summed E-state index contributed by atoms with van der Waals surface area (Å²) in [5.41, 5.74) is 2.45. The number of benzene rings is 2. The maximum Gasteiger partial charge on any atom is 0.338 e. The molecule has 0 spiro atoms. The van der Waals surface area contributed by atoms with Crippen LogP contribution in [0.1, 0.15) is 29.3 Å². The summed E-state index contributed by atoms with van der Waals surface area (Å²) in [7, 11) is 1.63. The molecule has 7 nitrogen and oxygen atoms in total. The summed E-state index contributed by atoms with van der Waals surface area (Å²) in [6.07, 6.45) is 0.0571. The number of nitrogens with zero attached hydrogens (tertiary/aromatic N) is 2. The van der Waals surface area contributed by atoms with Crippen molar-refractivity contribution in [1.82, 2.24) is 4.90 Å². The van der Waals surface area contributed by atoms with E-state index in [1.54, 1.807) is 44.3 Å². The van der Waals surface area contributed by atoms with E-state index in [1.807, 2.05) is 19.1 Å². The number of carbonyl (C=O) groups excluding carboxylic acids is 3. The van der Waals surface area contributed by atoms with Gasteiger partial charge < -0.3 is 10.1 Å². The second kappa shape index (κ2) is 9.98. The SMILES string of the molecule is CCOC(=O)c1ccc(NC(=O)[C@H]2CC(=O)N(C)C(=Nc3ccc(C)c(Cl)c3)S2)cc1. The number of halogens is 1. The maximum absolute atomic E-state index is 12.8. The van der Waals surface area contributed by atoms with Crippen molar-refractivity contribution in [2.75, 3.05) is 19.0 Å². The van der Waals surface area contributed by atoms with Crippen LogP contribution in [0.5, 0.6) is 0 Å². The number of hydrogen-bond donors (Lipinski definition) is 1. The largest absolute Gasteiger partial charge is 0.462 e. The fraction of sp³-hybridized carbons (Fsp3) is 0.273. The Kier molecular flexibility index (Phi) is 7.35. The van der Waals surface area contributed by atoms with Crippen molar-refractivity contribution in [3.8, 4) is 0 Å². The molecule has 1 N–H and O–H groups in total. The van der Waals surface area contributed by atoms with Gasteiger partial charge in [0, 0.05) is 24.2 Å². The van der Waals surface area contributed by atoms with Gasteiger partial charge in [-0.3, -0.25) is 14.5 Å². The molecule has 1 aliphatic heterocycles. The number of carbonyl (C=O) groups is 3. The van der Waals surface area contributed by atoms with Crippen molar-refractivity contribution in [1.29, 1.82) is 0 Å². The molecule has 0 aromatic heterocycles. The van der Waals surface area contributed by atoms with E-state index in [0.717, 1.165) is 5.56 Å². The lowest BCUT2D eigenvalue weighted by molar-refractivity contribution is -0.128. The fourth-order valence-corrected chi connectivity index (χ4v) is 4.03. The van der Waals surface area contributed by atoms with Crippen LogP contribution < -0.4 is 5.32 Å². The molecule has 162 valence electrons. The van der Waals surface area contributed by atoms with Gasteiger partial charge >= 0.3 is 5.97 Å². The minimum atomic E-state index is -0.631. The van der Waals surface area contributed by atoms with Gasteiger partial charge in [-0.15, -0.1) is 0 Å². The molecule has 9 heteroatoms. The summed E-state index contributed by atoms with van der Waals surface area (Å²) in [5.74, 6) is -0.938. The highest BCUT2D eigenvalue weighted by Crippen LogP contribution is 2.30. The Hall–Kier alpha value is -2.84. The van der Waals surface area contributed by atoms with Gasteiger partial charge in [0.15, 0.2) is 5.17 Å². The number of amides is 2. The Bertz CT molecular complexity index is 1040. The third-order valence-corrected chi connectivity index (χ3v) is 6.25. The number of ether oxygens (including phenoxy) is 1. The average molecular weight is 460 g/mol. The molecule has 0 saturated carbocycles. The summed E-state index contributed by atoms with van der Waals surface area (Å²) in [4.78, 5) is 42.9. The van der Waals surface area contributed by atoms with Crippen LogP contribution in [0.2, 0.25) is 5.02 Å². The fourth-order valence-electron chi connectivity index (χ4n) is 2.79. The van der Waals surface area contributed by atoms with Gasteiger partial charge in [-0.2, -0.15) is 0 Å². The molecule has 3 rings (SSSR count). The first kappa shape index (κ1) is 22.8. The van der Waals surface area contributed by atoms with Crippen LogP contribution in [0, 0.1) is 6.92 Å². The molecule has 0 radical (unpaired) electrons. The maximum atomic E-state index is 12.8. The number of anilines is 1. The topological polar surface area (TPSA) is 88.1 Å². The summed E-state index contributed by atoms with van der Waals surface area (Å²) in [6, 6.07) is 11.8. The third kappa shape index (κ3) is 5.65. The quantitative estimate of drug-likeness (QED) is 0.669. The van der Waals surface area contributed by atoms with E-state index in [2.05, 4.69) is 10.3 Å². The second-order valence-corrected chi connectivity index (χ2v) is 8.46. The van der Waals surface area contributed by atoms with E-state index in [0.29, 0.717) is 27.1 Å². The van der Waals surface area contributed by atoms with Gasteiger partial charge in [0.05, 0.1) is 17.9 Å². The molecule has 2 amide bonds. The highest BCUT2D eigenvalue weighted by atomic mass is 35.5. The number of hydrogen-bond acceptors (Lipinski definition) is 6. The zero-order chi connectivity index (χ0) is 22.5. The van der Waals surface area contributed by atoms with Gasteiger partial charge in [-0.05, 0) is 55.8 Å². The van der Waals surface area contributed by atoms with Crippen LogP contribution in [-0.4, -0.2) is 46.8 Å². The predicted octanol–water partition coefficient (Wildman–Crippen LogP) is 4.42. The van der Waals surface area contributed by atoms with Crippen molar-refractivity contribution >= 4 is 57.7 Å². The zero-order valence-corrected chi connectivity index (χ0v) is 18.9. The van der Waals surface area contributed by atoms with Crippen molar-refractivity contribution in [2.45, 2.75) is 25.5 Å². The standard InChI is InChI=1S/C22H22ClN3O4S/c1-4-30-21(29)14-6-9-15(10-7-14)24-20(28)18-12-19(27)26(3)22(31-18)25-16-8-5-13(2)17(23)11-16/h5-11,18H,4,12H2,1-3H3,(H,24,28)/t18-/m1/s1. The number of rotatable bonds is 5. The van der Waals surface area contributed by atoms with Gasteiger partial charge in [0.2, 0.25) is 11.8 Å². The monoisotopic (exact) mass is 459 g/mol. The van der Waals surface area contributed by atoms with Crippen molar-refractivity contribution < 1.29 is 19.1 Å². The molecule has 31 heavy (non-hydrogen) atoms. The zero-order valence-electron chi connectivity index (χ0n) is 17.3. The average Bonchev–Trinajstić information content (AvgIpc) is 2.74. The smallest absolute Gasteiger partial charge is 0.338 e. The molecule has 1 heterocycles. The lowest BCUT2D eigenvalue weighted by Crippen LogP contribution is -2.43. The van der Waals surface area contributed by atoms with Gasteiger partial charge in [0.1, 0.15) is 5.25 Å². The first-order valence-electron chi connectivity index (χ1n) is 9.64.